The van der Waals surface area contributed by atoms with E-state index >= 15 is 0 Å². The standard InChI is InChI=1S/C27H24FN5O2S/c1-17(34)30-21-16-18(12-13-24(21)35-2)33-26(25(31-27(33)36)20-9-5-6-14-29-20)23-11-7-15-32(23)22-10-4-3-8-19(22)28/h3-16,25-26H,1-2H3,(H,30,34)(H,31,36)/t25-,26-/m0/s1. The number of amides is 1. The maximum atomic E-state index is 14.9. The summed E-state index contributed by atoms with van der Waals surface area (Å²) >= 11 is 5.81. The van der Waals surface area contributed by atoms with E-state index in [0.717, 1.165) is 17.1 Å². The van der Waals surface area contributed by atoms with Crippen LogP contribution in [0.4, 0.5) is 15.8 Å². The van der Waals surface area contributed by atoms with E-state index in [-0.39, 0.29) is 23.8 Å². The number of halogens is 1. The average Bonchev–Trinajstić information content (AvgIpc) is 3.48. The predicted octanol–water partition coefficient (Wildman–Crippen LogP) is 5.16. The summed E-state index contributed by atoms with van der Waals surface area (Å²) in [5.74, 6) is -0.0229. The molecule has 1 saturated heterocycles. The van der Waals surface area contributed by atoms with Crippen LogP contribution in [0.3, 0.4) is 0 Å². The number of thiocarbonyl (C=S) groups is 1. The molecule has 0 unspecified atom stereocenters. The molecule has 4 aromatic rings. The SMILES string of the molecule is COc1ccc(N2C(=S)N[C@@H](c3ccccn3)[C@@H]2c2cccn2-c2ccccc2F)cc1NC(C)=O. The zero-order valence-electron chi connectivity index (χ0n) is 19.7. The van der Waals surface area contributed by atoms with E-state index in [9.17, 15) is 9.18 Å². The lowest BCUT2D eigenvalue weighted by Gasteiger charge is -2.29. The van der Waals surface area contributed by atoms with E-state index in [1.165, 1.54) is 13.0 Å². The van der Waals surface area contributed by atoms with Gasteiger partial charge >= 0.3 is 0 Å². The predicted molar refractivity (Wildman–Crippen MR) is 141 cm³/mol. The van der Waals surface area contributed by atoms with Gasteiger partial charge in [-0.15, -0.1) is 0 Å². The Morgan fingerprint density at radius 2 is 1.92 bits per heavy atom. The number of aromatic nitrogens is 2. The number of hydrogen-bond acceptors (Lipinski definition) is 4. The van der Waals surface area contributed by atoms with Crippen LogP contribution >= 0.6 is 12.2 Å². The Bertz CT molecular complexity index is 1420. The minimum absolute atomic E-state index is 0.219. The Morgan fingerprint density at radius 1 is 1.11 bits per heavy atom. The lowest BCUT2D eigenvalue weighted by atomic mass is 10.0. The molecular formula is C27H24FN5O2S. The van der Waals surface area contributed by atoms with Crippen molar-refractivity contribution in [3.63, 3.8) is 0 Å². The number of nitrogens with one attached hydrogen (secondary N) is 2. The highest BCUT2D eigenvalue weighted by Crippen LogP contribution is 2.43. The lowest BCUT2D eigenvalue weighted by molar-refractivity contribution is -0.114. The maximum Gasteiger partial charge on any atom is 0.221 e. The van der Waals surface area contributed by atoms with E-state index in [4.69, 9.17) is 17.0 Å². The molecule has 5 rings (SSSR count). The molecule has 9 heteroatoms. The number of nitrogens with zero attached hydrogens (tertiary/aromatic N) is 3. The van der Waals surface area contributed by atoms with Crippen molar-refractivity contribution in [2.45, 2.75) is 19.0 Å². The highest BCUT2D eigenvalue weighted by Gasteiger charge is 2.42. The molecule has 1 aliphatic rings. The van der Waals surface area contributed by atoms with Crippen LogP contribution < -0.4 is 20.3 Å². The van der Waals surface area contributed by atoms with Crippen LogP contribution in [0.1, 0.15) is 30.4 Å². The number of ether oxygens (including phenoxy) is 1. The number of carbonyl (C=O) groups is 1. The van der Waals surface area contributed by atoms with Gasteiger partial charge in [-0.2, -0.15) is 0 Å². The Labute approximate surface area is 213 Å². The third kappa shape index (κ3) is 4.29. The summed E-state index contributed by atoms with van der Waals surface area (Å²) < 4.78 is 22.1. The van der Waals surface area contributed by atoms with Crippen molar-refractivity contribution >= 4 is 34.6 Å². The van der Waals surface area contributed by atoms with Gasteiger partial charge < -0.3 is 24.8 Å². The van der Waals surface area contributed by atoms with Crippen LogP contribution in [0.5, 0.6) is 5.75 Å². The van der Waals surface area contributed by atoms with Crippen LogP contribution in [-0.4, -0.2) is 27.7 Å². The van der Waals surface area contributed by atoms with Gasteiger partial charge in [0.1, 0.15) is 17.6 Å². The third-order valence-electron chi connectivity index (χ3n) is 6.07. The smallest absolute Gasteiger partial charge is 0.221 e. The molecule has 36 heavy (non-hydrogen) atoms. The molecule has 1 fully saturated rings. The van der Waals surface area contributed by atoms with Gasteiger partial charge in [0.15, 0.2) is 5.11 Å². The van der Waals surface area contributed by atoms with E-state index in [2.05, 4.69) is 15.6 Å². The molecule has 2 N–H and O–H groups in total. The van der Waals surface area contributed by atoms with Crippen LogP contribution in [0, 0.1) is 5.82 Å². The average molecular weight is 502 g/mol. The molecule has 2 aromatic heterocycles. The molecule has 1 amide bonds. The molecule has 2 aromatic carbocycles. The summed E-state index contributed by atoms with van der Waals surface area (Å²) in [5, 5.41) is 6.71. The van der Waals surface area contributed by atoms with Crippen molar-refractivity contribution in [1.29, 1.82) is 0 Å². The van der Waals surface area contributed by atoms with Gasteiger partial charge in [-0.25, -0.2) is 4.39 Å². The first-order valence-corrected chi connectivity index (χ1v) is 11.8. The first-order chi connectivity index (χ1) is 17.5. The van der Waals surface area contributed by atoms with Gasteiger partial charge in [0.05, 0.1) is 30.2 Å². The largest absolute Gasteiger partial charge is 0.495 e. The lowest BCUT2D eigenvalue weighted by Crippen LogP contribution is -2.30. The maximum absolute atomic E-state index is 14.9. The first-order valence-electron chi connectivity index (χ1n) is 11.4. The third-order valence-corrected chi connectivity index (χ3v) is 6.38. The van der Waals surface area contributed by atoms with Crippen LogP contribution in [-0.2, 0) is 4.79 Å². The summed E-state index contributed by atoms with van der Waals surface area (Å²) in [6, 6.07) is 21.0. The molecule has 0 aliphatic carbocycles. The fourth-order valence-corrected chi connectivity index (χ4v) is 4.91. The molecule has 0 bridgehead atoms. The van der Waals surface area contributed by atoms with Crippen molar-refractivity contribution in [3.05, 3.63) is 102 Å². The van der Waals surface area contributed by atoms with Gasteiger partial charge in [0.25, 0.3) is 0 Å². The van der Waals surface area contributed by atoms with E-state index in [1.807, 2.05) is 58.1 Å². The number of benzene rings is 2. The Hall–Kier alpha value is -4.24. The molecule has 3 heterocycles. The Balaban J connectivity index is 1.67. The van der Waals surface area contributed by atoms with Crippen LogP contribution in [0.25, 0.3) is 5.69 Å². The fourth-order valence-electron chi connectivity index (χ4n) is 4.57. The monoisotopic (exact) mass is 501 g/mol. The fraction of sp³-hybridized carbons (Fsp3) is 0.148. The number of para-hydroxylation sites is 1. The van der Waals surface area contributed by atoms with Gasteiger partial charge in [0.2, 0.25) is 5.91 Å². The normalized spacial score (nSPS) is 17.1. The second-order valence-corrected chi connectivity index (χ2v) is 8.70. The quantitative estimate of drug-likeness (QED) is 0.356. The summed E-state index contributed by atoms with van der Waals surface area (Å²) in [6.45, 7) is 1.44. The molecule has 7 nitrogen and oxygen atoms in total. The van der Waals surface area contributed by atoms with E-state index in [1.54, 1.807) is 37.6 Å². The van der Waals surface area contributed by atoms with E-state index in [0.29, 0.717) is 22.2 Å². The number of methoxy groups -OCH3 is 1. The van der Waals surface area contributed by atoms with Crippen LogP contribution in [0.15, 0.2) is 85.2 Å². The zero-order valence-corrected chi connectivity index (χ0v) is 20.5. The molecular weight excluding hydrogens is 477 g/mol. The van der Waals surface area contributed by atoms with Gasteiger partial charge in [-0.05, 0) is 66.8 Å². The molecule has 1 aliphatic heterocycles. The number of pyridine rings is 1. The Morgan fingerprint density at radius 3 is 2.64 bits per heavy atom. The second-order valence-electron chi connectivity index (χ2n) is 8.32. The second kappa shape index (κ2) is 9.79. The number of rotatable bonds is 6. The summed E-state index contributed by atoms with van der Waals surface area (Å²) in [5.41, 5.74) is 3.31. The van der Waals surface area contributed by atoms with Crippen molar-refractivity contribution in [2.75, 3.05) is 17.3 Å². The molecule has 0 saturated carbocycles. The molecule has 2 atom stereocenters. The van der Waals surface area contributed by atoms with Gasteiger partial charge in [-0.1, -0.05) is 18.2 Å². The minimum atomic E-state index is -0.374. The van der Waals surface area contributed by atoms with Gasteiger partial charge in [0, 0.05) is 30.7 Å². The van der Waals surface area contributed by atoms with Crippen molar-refractivity contribution < 1.29 is 13.9 Å². The van der Waals surface area contributed by atoms with Crippen molar-refractivity contribution in [1.82, 2.24) is 14.9 Å². The molecule has 0 radical (unpaired) electrons. The number of anilines is 2. The van der Waals surface area contributed by atoms with Gasteiger partial charge in [-0.3, -0.25) is 9.78 Å². The minimum Gasteiger partial charge on any atom is -0.495 e. The van der Waals surface area contributed by atoms with Crippen LogP contribution in [0.2, 0.25) is 0 Å². The first kappa shape index (κ1) is 23.5. The highest BCUT2D eigenvalue weighted by molar-refractivity contribution is 7.80. The number of carbonyl (C=O) groups excluding carboxylic acids is 1. The zero-order chi connectivity index (χ0) is 25.2. The van der Waals surface area contributed by atoms with Crippen molar-refractivity contribution in [2.24, 2.45) is 0 Å². The highest BCUT2D eigenvalue weighted by atomic mass is 32.1. The summed E-state index contributed by atoms with van der Waals surface area (Å²) in [7, 11) is 1.55. The van der Waals surface area contributed by atoms with Crippen molar-refractivity contribution in [3.8, 4) is 11.4 Å². The molecule has 182 valence electrons. The summed E-state index contributed by atoms with van der Waals surface area (Å²) in [6.07, 6.45) is 3.57. The molecule has 0 spiro atoms. The Kier molecular flexibility index (Phi) is 6.39. The number of hydrogen-bond donors (Lipinski definition) is 2. The summed E-state index contributed by atoms with van der Waals surface area (Å²) in [4.78, 5) is 18.4. The topological polar surface area (TPSA) is 71.4 Å². The van der Waals surface area contributed by atoms with E-state index < -0.39 is 0 Å².